The van der Waals surface area contributed by atoms with E-state index >= 15 is 0 Å². The van der Waals surface area contributed by atoms with Gasteiger partial charge in [-0.3, -0.25) is 4.90 Å². The minimum Gasteiger partial charge on any atom is -0.327 e. The molecule has 14 heavy (non-hydrogen) atoms. The third-order valence-electron chi connectivity index (χ3n) is 3.42. The standard InChI is InChI=1S/C12H26N2/c1-5-8-14(11-6-7-11)9-12(3,4)10(2)13/h10-11H,5-9,13H2,1-4H3. The second-order valence-electron chi connectivity index (χ2n) is 5.48. The van der Waals surface area contributed by atoms with Gasteiger partial charge in [0.05, 0.1) is 0 Å². The molecule has 2 N–H and O–H groups in total. The fourth-order valence-electron chi connectivity index (χ4n) is 1.79. The van der Waals surface area contributed by atoms with E-state index in [1.54, 1.807) is 0 Å². The molecule has 0 aromatic carbocycles. The van der Waals surface area contributed by atoms with Gasteiger partial charge in [-0.25, -0.2) is 0 Å². The zero-order chi connectivity index (χ0) is 10.8. The molecule has 84 valence electrons. The number of hydrogen-bond acceptors (Lipinski definition) is 2. The third-order valence-corrected chi connectivity index (χ3v) is 3.42. The summed E-state index contributed by atoms with van der Waals surface area (Å²) in [5.74, 6) is 0. The van der Waals surface area contributed by atoms with Crippen LogP contribution in [0.3, 0.4) is 0 Å². The summed E-state index contributed by atoms with van der Waals surface area (Å²) in [6.07, 6.45) is 4.05. The summed E-state index contributed by atoms with van der Waals surface area (Å²) < 4.78 is 0. The Bertz CT molecular complexity index is 171. The highest BCUT2D eigenvalue weighted by Gasteiger charge is 2.33. The Balaban J connectivity index is 2.45. The molecule has 1 atom stereocenters. The molecule has 0 aromatic rings. The van der Waals surface area contributed by atoms with Gasteiger partial charge >= 0.3 is 0 Å². The van der Waals surface area contributed by atoms with Gasteiger partial charge in [0.25, 0.3) is 0 Å². The second-order valence-corrected chi connectivity index (χ2v) is 5.48. The molecule has 0 radical (unpaired) electrons. The maximum absolute atomic E-state index is 6.01. The number of hydrogen-bond donors (Lipinski definition) is 1. The van der Waals surface area contributed by atoms with E-state index in [2.05, 4.69) is 32.6 Å². The van der Waals surface area contributed by atoms with Crippen molar-refractivity contribution >= 4 is 0 Å². The Hall–Kier alpha value is -0.0800. The van der Waals surface area contributed by atoms with Gasteiger partial charge < -0.3 is 5.73 Å². The third kappa shape index (κ3) is 3.25. The normalized spacial score (nSPS) is 20.1. The summed E-state index contributed by atoms with van der Waals surface area (Å²) in [4.78, 5) is 2.63. The van der Waals surface area contributed by atoms with Crippen LogP contribution in [-0.2, 0) is 0 Å². The second kappa shape index (κ2) is 4.63. The van der Waals surface area contributed by atoms with Crippen LogP contribution in [0.2, 0.25) is 0 Å². The lowest BCUT2D eigenvalue weighted by Crippen LogP contribution is -2.45. The Morgan fingerprint density at radius 2 is 2.00 bits per heavy atom. The van der Waals surface area contributed by atoms with Crippen LogP contribution in [0, 0.1) is 5.41 Å². The van der Waals surface area contributed by atoms with E-state index < -0.39 is 0 Å². The van der Waals surface area contributed by atoms with Gasteiger partial charge in [0.15, 0.2) is 0 Å². The van der Waals surface area contributed by atoms with E-state index in [4.69, 9.17) is 5.73 Å². The predicted octanol–water partition coefficient (Wildman–Crippen LogP) is 2.23. The molecule has 0 spiro atoms. The van der Waals surface area contributed by atoms with Crippen LogP contribution >= 0.6 is 0 Å². The Kier molecular flexibility index (Phi) is 3.96. The minimum absolute atomic E-state index is 0.248. The molecular formula is C12H26N2. The van der Waals surface area contributed by atoms with E-state index in [0.717, 1.165) is 12.6 Å². The molecule has 0 heterocycles. The van der Waals surface area contributed by atoms with E-state index in [1.165, 1.54) is 25.8 Å². The first-order valence-corrected chi connectivity index (χ1v) is 5.97. The molecule has 0 amide bonds. The van der Waals surface area contributed by atoms with Crippen molar-refractivity contribution in [2.45, 2.75) is 59.0 Å². The first-order chi connectivity index (χ1) is 6.47. The van der Waals surface area contributed by atoms with Crippen LogP contribution in [-0.4, -0.2) is 30.1 Å². The zero-order valence-corrected chi connectivity index (χ0v) is 10.2. The van der Waals surface area contributed by atoms with Gasteiger partial charge in [-0.05, 0) is 38.1 Å². The fraction of sp³-hybridized carbons (Fsp3) is 1.00. The number of nitrogens with zero attached hydrogens (tertiary/aromatic N) is 1. The van der Waals surface area contributed by atoms with Gasteiger partial charge in [0.2, 0.25) is 0 Å². The maximum Gasteiger partial charge on any atom is 0.00966 e. The predicted molar refractivity (Wildman–Crippen MR) is 62.3 cm³/mol. The topological polar surface area (TPSA) is 29.3 Å². The lowest BCUT2D eigenvalue weighted by molar-refractivity contribution is 0.150. The lowest BCUT2D eigenvalue weighted by atomic mass is 9.85. The molecule has 1 saturated carbocycles. The van der Waals surface area contributed by atoms with Gasteiger partial charge in [-0.1, -0.05) is 20.8 Å². The number of nitrogens with two attached hydrogens (primary N) is 1. The average Bonchev–Trinajstić information content (AvgIpc) is 2.85. The highest BCUT2D eigenvalue weighted by Crippen LogP contribution is 2.31. The summed E-state index contributed by atoms with van der Waals surface area (Å²) in [7, 11) is 0. The van der Waals surface area contributed by atoms with E-state index in [-0.39, 0.29) is 11.5 Å². The van der Waals surface area contributed by atoms with E-state index in [1.807, 2.05) is 0 Å². The summed E-state index contributed by atoms with van der Waals surface area (Å²) >= 11 is 0. The van der Waals surface area contributed by atoms with Crippen molar-refractivity contribution in [1.82, 2.24) is 4.90 Å². The Labute approximate surface area is 88.8 Å². The first-order valence-electron chi connectivity index (χ1n) is 5.97. The van der Waals surface area contributed by atoms with E-state index in [0.29, 0.717) is 0 Å². The van der Waals surface area contributed by atoms with Crippen molar-refractivity contribution in [2.75, 3.05) is 13.1 Å². The molecule has 1 fully saturated rings. The van der Waals surface area contributed by atoms with Crippen molar-refractivity contribution in [1.29, 1.82) is 0 Å². The maximum atomic E-state index is 6.01. The highest BCUT2D eigenvalue weighted by molar-refractivity contribution is 4.89. The van der Waals surface area contributed by atoms with Crippen molar-refractivity contribution in [3.8, 4) is 0 Å². The van der Waals surface area contributed by atoms with E-state index in [9.17, 15) is 0 Å². The van der Waals surface area contributed by atoms with Crippen LogP contribution < -0.4 is 5.73 Å². The van der Waals surface area contributed by atoms with Gasteiger partial charge in [0.1, 0.15) is 0 Å². The smallest absolute Gasteiger partial charge is 0.00966 e. The van der Waals surface area contributed by atoms with Crippen LogP contribution in [0.5, 0.6) is 0 Å². The van der Waals surface area contributed by atoms with Crippen molar-refractivity contribution < 1.29 is 0 Å². The van der Waals surface area contributed by atoms with Crippen molar-refractivity contribution in [3.05, 3.63) is 0 Å². The van der Waals surface area contributed by atoms with Gasteiger partial charge in [0, 0.05) is 18.6 Å². The molecular weight excluding hydrogens is 172 g/mol. The quantitative estimate of drug-likeness (QED) is 0.709. The van der Waals surface area contributed by atoms with Crippen molar-refractivity contribution in [3.63, 3.8) is 0 Å². The Morgan fingerprint density at radius 3 is 2.36 bits per heavy atom. The van der Waals surface area contributed by atoms with Crippen molar-refractivity contribution in [2.24, 2.45) is 11.1 Å². The summed E-state index contributed by atoms with van der Waals surface area (Å²) in [5, 5.41) is 0. The minimum atomic E-state index is 0.248. The molecule has 1 rings (SSSR count). The van der Waals surface area contributed by atoms with Gasteiger partial charge in [-0.2, -0.15) is 0 Å². The van der Waals surface area contributed by atoms with Crippen LogP contribution in [0.4, 0.5) is 0 Å². The summed E-state index contributed by atoms with van der Waals surface area (Å²) in [6, 6.07) is 1.15. The zero-order valence-electron chi connectivity index (χ0n) is 10.2. The lowest BCUT2D eigenvalue weighted by Gasteiger charge is -2.35. The molecule has 0 saturated heterocycles. The molecule has 1 aliphatic rings. The largest absolute Gasteiger partial charge is 0.327 e. The molecule has 1 unspecified atom stereocenters. The molecule has 2 nitrogen and oxygen atoms in total. The first kappa shape index (κ1) is 12.0. The summed E-state index contributed by atoms with van der Waals surface area (Å²) in [5.41, 5.74) is 6.26. The molecule has 1 aliphatic carbocycles. The van der Waals surface area contributed by atoms with Gasteiger partial charge in [-0.15, -0.1) is 0 Å². The summed E-state index contributed by atoms with van der Waals surface area (Å²) in [6.45, 7) is 11.3. The van der Waals surface area contributed by atoms with Crippen LogP contribution in [0.25, 0.3) is 0 Å². The fourth-order valence-corrected chi connectivity index (χ4v) is 1.79. The molecule has 2 heteroatoms. The number of rotatable bonds is 6. The molecule has 0 bridgehead atoms. The Morgan fingerprint density at radius 1 is 1.43 bits per heavy atom. The molecule has 0 aliphatic heterocycles. The SMILES string of the molecule is CCCN(CC(C)(C)C(C)N)C1CC1. The average molecular weight is 198 g/mol. The monoisotopic (exact) mass is 198 g/mol. The van der Waals surface area contributed by atoms with Crippen LogP contribution in [0.15, 0.2) is 0 Å². The highest BCUT2D eigenvalue weighted by atomic mass is 15.2. The van der Waals surface area contributed by atoms with Crippen LogP contribution in [0.1, 0.15) is 47.0 Å². The molecule has 0 aromatic heterocycles.